The van der Waals surface area contributed by atoms with Gasteiger partial charge in [-0.15, -0.1) is 0 Å². The van der Waals surface area contributed by atoms with Crippen molar-refractivity contribution in [3.63, 3.8) is 0 Å². The highest BCUT2D eigenvalue weighted by Crippen LogP contribution is 2.38. The highest BCUT2D eigenvalue weighted by Gasteiger charge is 2.23. The number of hydrogen-bond acceptors (Lipinski definition) is 3. The predicted molar refractivity (Wildman–Crippen MR) is 111 cm³/mol. The molecule has 1 N–H and O–H groups in total. The number of rotatable bonds is 2. The molecule has 138 valence electrons. The fourth-order valence-electron chi connectivity index (χ4n) is 3.25. The van der Waals surface area contributed by atoms with E-state index in [0.717, 1.165) is 22.3 Å². The van der Waals surface area contributed by atoms with Gasteiger partial charge in [-0.05, 0) is 59.2 Å². The molecule has 0 fully saturated rings. The van der Waals surface area contributed by atoms with Crippen LogP contribution in [0.1, 0.15) is 34.0 Å². The minimum atomic E-state index is -0.378. The molecule has 0 aromatic heterocycles. The topological polar surface area (TPSA) is 55.4 Å². The van der Waals surface area contributed by atoms with E-state index in [2.05, 4.69) is 5.32 Å². The van der Waals surface area contributed by atoms with Crippen LogP contribution >= 0.6 is 11.6 Å². The molecule has 1 amide bonds. The van der Waals surface area contributed by atoms with Gasteiger partial charge >= 0.3 is 5.97 Å². The molecule has 0 saturated heterocycles. The zero-order valence-electron chi connectivity index (χ0n) is 15.0. The Morgan fingerprint density at radius 1 is 0.964 bits per heavy atom. The van der Waals surface area contributed by atoms with Gasteiger partial charge in [-0.3, -0.25) is 9.59 Å². The molecule has 0 saturated carbocycles. The van der Waals surface area contributed by atoms with Gasteiger partial charge in [0.05, 0.1) is 0 Å². The molecule has 1 heterocycles. The predicted octanol–water partition coefficient (Wildman–Crippen LogP) is 5.42. The second-order valence-electron chi connectivity index (χ2n) is 6.41. The third-order valence-corrected chi connectivity index (χ3v) is 4.65. The monoisotopic (exact) mass is 389 g/mol. The molecule has 4 rings (SSSR count). The number of halogens is 1. The van der Waals surface area contributed by atoms with Gasteiger partial charge in [-0.1, -0.05) is 41.9 Å². The van der Waals surface area contributed by atoms with Crippen LogP contribution in [0.3, 0.4) is 0 Å². The van der Waals surface area contributed by atoms with E-state index in [1.54, 1.807) is 30.3 Å². The Bertz CT molecular complexity index is 1130. The lowest BCUT2D eigenvalue weighted by atomic mass is 9.92. The standard InChI is InChI=1S/C23H16ClNO3/c1-14(26)28-17-6-4-5-15(11-17)12-20-18-7-2-3-8-19(18)23(27)25-22-10-9-16(24)13-21(20)22/h2-13H,1H3,(H,25,27). The maximum atomic E-state index is 12.7. The Morgan fingerprint density at radius 3 is 2.54 bits per heavy atom. The summed E-state index contributed by atoms with van der Waals surface area (Å²) in [7, 11) is 0. The number of carbonyl (C=O) groups excluding carboxylic acids is 2. The van der Waals surface area contributed by atoms with Crippen LogP contribution in [0, 0.1) is 0 Å². The molecule has 3 aromatic rings. The maximum Gasteiger partial charge on any atom is 0.308 e. The normalized spacial score (nSPS) is 13.9. The van der Waals surface area contributed by atoms with E-state index in [4.69, 9.17) is 16.3 Å². The van der Waals surface area contributed by atoms with Crippen LogP contribution in [0.2, 0.25) is 5.02 Å². The Labute approximate surface area is 167 Å². The average molecular weight is 390 g/mol. The van der Waals surface area contributed by atoms with Crippen molar-refractivity contribution < 1.29 is 14.3 Å². The Hall–Kier alpha value is -3.37. The van der Waals surface area contributed by atoms with Crippen LogP contribution < -0.4 is 10.1 Å². The van der Waals surface area contributed by atoms with Gasteiger partial charge in [0.15, 0.2) is 0 Å². The third kappa shape index (κ3) is 3.55. The van der Waals surface area contributed by atoms with Crippen molar-refractivity contribution in [2.24, 2.45) is 0 Å². The number of ether oxygens (including phenoxy) is 1. The van der Waals surface area contributed by atoms with E-state index in [1.807, 2.05) is 42.5 Å². The van der Waals surface area contributed by atoms with Crippen molar-refractivity contribution in [2.75, 3.05) is 5.32 Å². The molecule has 4 nitrogen and oxygen atoms in total. The molecule has 0 spiro atoms. The van der Waals surface area contributed by atoms with Gasteiger partial charge in [0.25, 0.3) is 5.91 Å². The van der Waals surface area contributed by atoms with Crippen molar-refractivity contribution in [1.29, 1.82) is 0 Å². The second-order valence-corrected chi connectivity index (χ2v) is 6.85. The first-order chi connectivity index (χ1) is 13.5. The van der Waals surface area contributed by atoms with Crippen molar-refractivity contribution in [1.82, 2.24) is 0 Å². The molecule has 0 aliphatic carbocycles. The first-order valence-corrected chi connectivity index (χ1v) is 9.10. The van der Waals surface area contributed by atoms with E-state index >= 15 is 0 Å². The highest BCUT2D eigenvalue weighted by molar-refractivity contribution is 6.31. The summed E-state index contributed by atoms with van der Waals surface area (Å²) in [4.78, 5) is 24.0. The molecular formula is C23H16ClNO3. The first-order valence-electron chi connectivity index (χ1n) is 8.72. The van der Waals surface area contributed by atoms with E-state index in [9.17, 15) is 9.59 Å². The van der Waals surface area contributed by atoms with Gasteiger partial charge < -0.3 is 10.1 Å². The number of carbonyl (C=O) groups is 2. The average Bonchev–Trinajstić information content (AvgIpc) is 2.77. The highest BCUT2D eigenvalue weighted by atomic mass is 35.5. The summed E-state index contributed by atoms with van der Waals surface area (Å²) >= 11 is 6.25. The summed E-state index contributed by atoms with van der Waals surface area (Å²) in [5.74, 6) is -0.0861. The molecule has 28 heavy (non-hydrogen) atoms. The Balaban J connectivity index is 1.94. The molecule has 1 aliphatic rings. The van der Waals surface area contributed by atoms with Crippen molar-refractivity contribution in [3.05, 3.63) is 94.0 Å². The lowest BCUT2D eigenvalue weighted by molar-refractivity contribution is -0.131. The minimum absolute atomic E-state index is 0.170. The lowest BCUT2D eigenvalue weighted by Gasteiger charge is -2.12. The van der Waals surface area contributed by atoms with Crippen LogP contribution in [0.5, 0.6) is 5.75 Å². The number of amides is 1. The van der Waals surface area contributed by atoms with Crippen LogP contribution in [0.25, 0.3) is 11.6 Å². The summed E-state index contributed by atoms with van der Waals surface area (Å²) in [6.07, 6.45) is 1.96. The summed E-state index contributed by atoms with van der Waals surface area (Å²) < 4.78 is 5.19. The van der Waals surface area contributed by atoms with Crippen LogP contribution in [0.4, 0.5) is 5.69 Å². The fourth-order valence-corrected chi connectivity index (χ4v) is 3.43. The van der Waals surface area contributed by atoms with E-state index in [-0.39, 0.29) is 11.9 Å². The van der Waals surface area contributed by atoms with Crippen LogP contribution in [0.15, 0.2) is 66.7 Å². The Kier molecular flexibility index (Phi) is 4.72. The number of benzene rings is 3. The van der Waals surface area contributed by atoms with E-state index in [1.165, 1.54) is 6.92 Å². The molecule has 0 unspecified atom stereocenters. The smallest absolute Gasteiger partial charge is 0.308 e. The molecule has 3 aromatic carbocycles. The third-order valence-electron chi connectivity index (χ3n) is 4.41. The van der Waals surface area contributed by atoms with Crippen molar-refractivity contribution >= 4 is 40.8 Å². The van der Waals surface area contributed by atoms with Crippen LogP contribution in [-0.4, -0.2) is 11.9 Å². The summed E-state index contributed by atoms with van der Waals surface area (Å²) in [6, 6.07) is 20.0. The molecule has 5 heteroatoms. The lowest BCUT2D eigenvalue weighted by Crippen LogP contribution is -2.11. The van der Waals surface area contributed by atoms with E-state index in [0.29, 0.717) is 22.0 Å². The minimum Gasteiger partial charge on any atom is -0.427 e. The van der Waals surface area contributed by atoms with Crippen molar-refractivity contribution in [2.45, 2.75) is 6.92 Å². The second kappa shape index (κ2) is 7.33. The van der Waals surface area contributed by atoms with Gasteiger partial charge in [0.1, 0.15) is 5.75 Å². The molecular weight excluding hydrogens is 374 g/mol. The molecule has 0 radical (unpaired) electrons. The Morgan fingerprint density at radius 2 is 1.75 bits per heavy atom. The SMILES string of the molecule is CC(=O)Oc1cccc(C=C2c3cc(Cl)ccc3NC(=O)c3ccccc32)c1. The number of hydrogen-bond donors (Lipinski definition) is 1. The fraction of sp³-hybridized carbons (Fsp3) is 0.0435. The van der Waals surface area contributed by atoms with Gasteiger partial charge in [-0.2, -0.15) is 0 Å². The zero-order chi connectivity index (χ0) is 19.7. The van der Waals surface area contributed by atoms with Gasteiger partial charge in [0.2, 0.25) is 0 Å². The molecule has 0 atom stereocenters. The van der Waals surface area contributed by atoms with Crippen molar-refractivity contribution in [3.8, 4) is 5.75 Å². The number of nitrogens with one attached hydrogen (secondary N) is 1. The summed E-state index contributed by atoms with van der Waals surface area (Å²) in [6.45, 7) is 1.36. The maximum absolute atomic E-state index is 12.7. The number of fused-ring (bicyclic) bond motifs is 2. The molecule has 0 bridgehead atoms. The number of anilines is 1. The van der Waals surface area contributed by atoms with Gasteiger partial charge in [0, 0.05) is 28.8 Å². The van der Waals surface area contributed by atoms with Gasteiger partial charge in [-0.25, -0.2) is 0 Å². The van der Waals surface area contributed by atoms with E-state index < -0.39 is 0 Å². The summed E-state index contributed by atoms with van der Waals surface area (Å²) in [5, 5.41) is 3.53. The quantitative estimate of drug-likeness (QED) is 0.470. The number of esters is 1. The first kappa shape index (κ1) is 18.0. The zero-order valence-corrected chi connectivity index (χ0v) is 15.8. The van der Waals surface area contributed by atoms with Crippen LogP contribution in [-0.2, 0) is 4.79 Å². The summed E-state index contributed by atoms with van der Waals surface area (Å²) in [5.41, 5.74) is 4.59. The largest absolute Gasteiger partial charge is 0.427 e. The molecule has 1 aliphatic heterocycles.